The zero-order valence-electron chi connectivity index (χ0n) is 11.3. The lowest BCUT2D eigenvalue weighted by atomic mass is 10.2. The maximum atomic E-state index is 12.1. The lowest BCUT2D eigenvalue weighted by Gasteiger charge is -2.19. The first-order chi connectivity index (χ1) is 9.63. The van der Waals surface area contributed by atoms with E-state index in [4.69, 9.17) is 9.84 Å². The van der Waals surface area contributed by atoms with E-state index in [1.165, 1.54) is 11.0 Å². The average Bonchev–Trinajstić information content (AvgIpc) is 2.94. The van der Waals surface area contributed by atoms with Crippen LogP contribution in [0.1, 0.15) is 18.4 Å². The van der Waals surface area contributed by atoms with Crippen LogP contribution in [0.2, 0.25) is 0 Å². The maximum absolute atomic E-state index is 12.1. The lowest BCUT2D eigenvalue weighted by Crippen LogP contribution is -2.39. The number of carbonyl (C=O) groups excluding carboxylic acids is 1. The Morgan fingerprint density at radius 3 is 2.85 bits per heavy atom. The minimum atomic E-state index is -0.943. The highest BCUT2D eigenvalue weighted by atomic mass is 16.5. The molecule has 1 aliphatic heterocycles. The summed E-state index contributed by atoms with van der Waals surface area (Å²) in [6.07, 6.45) is 4.30. The maximum Gasteiger partial charge on any atom is 0.326 e. The standard InChI is InChI=1S/C15H17NO4/c1-20-13-7-3-2-5-11(13)8-9-14(17)16-10-4-6-12(16)15(18)19/h2-3,5,7-9,12H,4,6,10H2,1H3,(H,18,19)/t12-/m1/s1. The third-order valence-electron chi connectivity index (χ3n) is 3.37. The zero-order chi connectivity index (χ0) is 14.5. The number of hydrogen-bond acceptors (Lipinski definition) is 3. The van der Waals surface area contributed by atoms with E-state index in [0.29, 0.717) is 18.7 Å². The second-order valence-electron chi connectivity index (χ2n) is 4.60. The molecule has 1 aromatic rings. The molecule has 1 aromatic carbocycles. The summed E-state index contributed by atoms with van der Waals surface area (Å²) in [7, 11) is 1.56. The topological polar surface area (TPSA) is 66.8 Å². The molecule has 0 aliphatic carbocycles. The van der Waals surface area contributed by atoms with Crippen LogP contribution in [0, 0.1) is 0 Å². The summed E-state index contributed by atoms with van der Waals surface area (Å²) in [4.78, 5) is 24.5. The van der Waals surface area contributed by atoms with Gasteiger partial charge in [-0.15, -0.1) is 0 Å². The van der Waals surface area contributed by atoms with Crippen LogP contribution in [-0.4, -0.2) is 41.6 Å². The molecule has 1 amide bonds. The number of hydrogen-bond donors (Lipinski definition) is 1. The van der Waals surface area contributed by atoms with Gasteiger partial charge in [-0.1, -0.05) is 18.2 Å². The van der Waals surface area contributed by atoms with Gasteiger partial charge in [-0.05, 0) is 25.0 Å². The van der Waals surface area contributed by atoms with Crippen LogP contribution in [0.5, 0.6) is 5.75 Å². The first-order valence-corrected chi connectivity index (χ1v) is 6.48. The molecule has 2 rings (SSSR count). The van der Waals surface area contributed by atoms with Crippen LogP contribution < -0.4 is 4.74 Å². The highest BCUT2D eigenvalue weighted by Gasteiger charge is 2.32. The molecule has 5 heteroatoms. The van der Waals surface area contributed by atoms with E-state index in [1.54, 1.807) is 19.3 Å². The molecule has 0 bridgehead atoms. The number of methoxy groups -OCH3 is 1. The van der Waals surface area contributed by atoms with Crippen molar-refractivity contribution in [1.29, 1.82) is 0 Å². The van der Waals surface area contributed by atoms with Crippen LogP contribution in [-0.2, 0) is 9.59 Å². The molecule has 0 radical (unpaired) electrons. The fourth-order valence-electron chi connectivity index (χ4n) is 2.35. The van der Waals surface area contributed by atoms with Gasteiger partial charge in [0.1, 0.15) is 11.8 Å². The first-order valence-electron chi connectivity index (χ1n) is 6.48. The summed E-state index contributed by atoms with van der Waals surface area (Å²) in [5.41, 5.74) is 0.787. The van der Waals surface area contributed by atoms with Crippen molar-refractivity contribution in [2.24, 2.45) is 0 Å². The van der Waals surface area contributed by atoms with E-state index in [1.807, 2.05) is 18.2 Å². The molecule has 1 atom stereocenters. The van der Waals surface area contributed by atoms with Crippen molar-refractivity contribution < 1.29 is 19.4 Å². The van der Waals surface area contributed by atoms with Gasteiger partial charge in [-0.25, -0.2) is 4.79 Å². The van der Waals surface area contributed by atoms with Crippen molar-refractivity contribution >= 4 is 18.0 Å². The second-order valence-corrected chi connectivity index (χ2v) is 4.60. The number of amides is 1. The molecular formula is C15H17NO4. The Morgan fingerprint density at radius 1 is 1.40 bits per heavy atom. The summed E-state index contributed by atoms with van der Waals surface area (Å²) in [6, 6.07) is 6.63. The number of ether oxygens (including phenoxy) is 1. The Balaban J connectivity index is 2.11. The van der Waals surface area contributed by atoms with Gasteiger partial charge in [0, 0.05) is 18.2 Å². The third-order valence-corrected chi connectivity index (χ3v) is 3.37. The van der Waals surface area contributed by atoms with Crippen molar-refractivity contribution in [3.63, 3.8) is 0 Å². The molecular weight excluding hydrogens is 258 g/mol. The number of para-hydroxylation sites is 1. The van der Waals surface area contributed by atoms with Crippen molar-refractivity contribution in [2.45, 2.75) is 18.9 Å². The van der Waals surface area contributed by atoms with Crippen LogP contribution in [0.4, 0.5) is 0 Å². The average molecular weight is 275 g/mol. The molecule has 5 nitrogen and oxygen atoms in total. The second kappa shape index (κ2) is 6.23. The van der Waals surface area contributed by atoms with Gasteiger partial charge in [0.15, 0.2) is 0 Å². The largest absolute Gasteiger partial charge is 0.496 e. The van der Waals surface area contributed by atoms with Crippen LogP contribution in [0.15, 0.2) is 30.3 Å². The van der Waals surface area contributed by atoms with Gasteiger partial charge in [0.05, 0.1) is 7.11 Å². The van der Waals surface area contributed by atoms with E-state index in [9.17, 15) is 9.59 Å². The van der Waals surface area contributed by atoms with E-state index < -0.39 is 12.0 Å². The predicted octanol–water partition coefficient (Wildman–Crippen LogP) is 1.78. The smallest absolute Gasteiger partial charge is 0.326 e. The summed E-state index contributed by atoms with van der Waals surface area (Å²) in [5.74, 6) is -0.546. The summed E-state index contributed by atoms with van der Waals surface area (Å²) in [5, 5.41) is 9.06. The third kappa shape index (κ3) is 2.99. The number of carboxylic acids is 1. The molecule has 1 heterocycles. The number of carboxylic acid groups (broad SMARTS) is 1. The zero-order valence-corrected chi connectivity index (χ0v) is 11.3. The van der Waals surface area contributed by atoms with Gasteiger partial charge < -0.3 is 14.7 Å². The van der Waals surface area contributed by atoms with Gasteiger partial charge in [0.25, 0.3) is 0 Å². The Bertz CT molecular complexity index is 538. The molecule has 106 valence electrons. The Hall–Kier alpha value is -2.30. The molecule has 1 aliphatic rings. The Labute approximate surface area is 117 Å². The minimum Gasteiger partial charge on any atom is -0.496 e. The van der Waals surface area contributed by atoms with Gasteiger partial charge in [0.2, 0.25) is 5.91 Å². The molecule has 1 saturated heterocycles. The molecule has 0 aromatic heterocycles. The number of nitrogens with zero attached hydrogens (tertiary/aromatic N) is 1. The SMILES string of the molecule is COc1ccccc1C=CC(=O)N1CCC[C@@H]1C(=O)O. The van der Waals surface area contributed by atoms with E-state index in [0.717, 1.165) is 12.0 Å². The fourth-order valence-corrected chi connectivity index (χ4v) is 2.35. The summed E-state index contributed by atoms with van der Waals surface area (Å²) >= 11 is 0. The van der Waals surface area contributed by atoms with Crippen molar-refractivity contribution in [3.05, 3.63) is 35.9 Å². The van der Waals surface area contributed by atoms with E-state index in [2.05, 4.69) is 0 Å². The van der Waals surface area contributed by atoms with Crippen molar-refractivity contribution in [3.8, 4) is 5.75 Å². The Kier molecular flexibility index (Phi) is 4.40. The molecule has 0 unspecified atom stereocenters. The molecule has 1 N–H and O–H groups in total. The van der Waals surface area contributed by atoms with Gasteiger partial charge in [-0.2, -0.15) is 0 Å². The molecule has 20 heavy (non-hydrogen) atoms. The minimum absolute atomic E-state index is 0.277. The molecule has 0 saturated carbocycles. The normalized spacial score (nSPS) is 18.4. The predicted molar refractivity (Wildman–Crippen MR) is 74.4 cm³/mol. The Morgan fingerprint density at radius 2 is 2.15 bits per heavy atom. The highest BCUT2D eigenvalue weighted by Crippen LogP contribution is 2.21. The first kappa shape index (κ1) is 14.1. The van der Waals surface area contributed by atoms with Crippen molar-refractivity contribution in [2.75, 3.05) is 13.7 Å². The van der Waals surface area contributed by atoms with E-state index >= 15 is 0 Å². The van der Waals surface area contributed by atoms with Gasteiger partial charge >= 0.3 is 5.97 Å². The van der Waals surface area contributed by atoms with Crippen LogP contribution in [0.25, 0.3) is 6.08 Å². The summed E-state index contributed by atoms with van der Waals surface area (Å²) in [6.45, 7) is 0.492. The number of carbonyl (C=O) groups is 2. The summed E-state index contributed by atoms with van der Waals surface area (Å²) < 4.78 is 5.19. The van der Waals surface area contributed by atoms with Gasteiger partial charge in [-0.3, -0.25) is 4.79 Å². The van der Waals surface area contributed by atoms with Crippen LogP contribution in [0.3, 0.4) is 0 Å². The number of rotatable bonds is 4. The lowest BCUT2D eigenvalue weighted by molar-refractivity contribution is -0.146. The fraction of sp³-hybridized carbons (Fsp3) is 0.333. The number of aliphatic carboxylic acids is 1. The highest BCUT2D eigenvalue weighted by molar-refractivity contribution is 5.95. The number of likely N-dealkylation sites (tertiary alicyclic amines) is 1. The quantitative estimate of drug-likeness (QED) is 0.851. The number of benzene rings is 1. The molecule has 1 fully saturated rings. The van der Waals surface area contributed by atoms with Crippen LogP contribution >= 0.6 is 0 Å². The van der Waals surface area contributed by atoms with E-state index in [-0.39, 0.29) is 5.91 Å². The van der Waals surface area contributed by atoms with Crippen molar-refractivity contribution in [1.82, 2.24) is 4.90 Å². The molecule has 0 spiro atoms. The monoisotopic (exact) mass is 275 g/mol.